The molecule has 0 amide bonds. The fraction of sp³-hybridized carbons (Fsp3) is 0. The Morgan fingerprint density at radius 1 is 0.296 bits per heavy atom. The van der Waals surface area contributed by atoms with Gasteiger partial charge in [0, 0.05) is 33.3 Å². The van der Waals surface area contributed by atoms with Crippen LogP contribution in [-0.2, 0) is 0 Å². The summed E-state index contributed by atoms with van der Waals surface area (Å²) in [6.45, 7) is 0. The molecule has 54 heavy (non-hydrogen) atoms. The lowest BCUT2D eigenvalue weighted by atomic mass is 9.91. The van der Waals surface area contributed by atoms with Crippen LogP contribution in [0, 0.1) is 0 Å². The minimum absolute atomic E-state index is 0.894. The van der Waals surface area contributed by atoms with E-state index in [1.54, 1.807) is 0 Å². The molecule has 0 aliphatic heterocycles. The van der Waals surface area contributed by atoms with E-state index in [4.69, 9.17) is 4.42 Å². The van der Waals surface area contributed by atoms with Crippen molar-refractivity contribution in [1.29, 1.82) is 0 Å². The van der Waals surface area contributed by atoms with Crippen LogP contribution in [0.1, 0.15) is 0 Å². The molecule has 2 heteroatoms. The maximum absolute atomic E-state index is 6.57. The van der Waals surface area contributed by atoms with E-state index in [-0.39, 0.29) is 0 Å². The van der Waals surface area contributed by atoms with E-state index in [1.807, 2.05) is 12.1 Å². The number of fused-ring (bicyclic) bond motifs is 4. The molecule has 10 aromatic rings. The second-order valence-electron chi connectivity index (χ2n) is 13.7. The first kappa shape index (κ1) is 31.6. The monoisotopic (exact) mass is 689 g/mol. The third-order valence-electron chi connectivity index (χ3n) is 10.5. The van der Waals surface area contributed by atoms with Crippen molar-refractivity contribution in [1.82, 2.24) is 0 Å². The molecule has 0 aliphatic carbocycles. The van der Waals surface area contributed by atoms with E-state index >= 15 is 0 Å². The van der Waals surface area contributed by atoms with Crippen LogP contribution >= 0.6 is 0 Å². The van der Waals surface area contributed by atoms with Crippen LogP contribution in [-0.4, -0.2) is 0 Å². The van der Waals surface area contributed by atoms with Crippen molar-refractivity contribution >= 4 is 49.8 Å². The highest BCUT2D eigenvalue weighted by Gasteiger charge is 2.21. The molecule has 1 heterocycles. The molecule has 2 nitrogen and oxygen atoms in total. The van der Waals surface area contributed by atoms with Gasteiger partial charge in [-0.3, -0.25) is 0 Å². The molecule has 0 aliphatic rings. The van der Waals surface area contributed by atoms with E-state index < -0.39 is 0 Å². The van der Waals surface area contributed by atoms with Gasteiger partial charge in [0.05, 0.1) is 5.69 Å². The number of hydrogen-bond donors (Lipinski definition) is 0. The zero-order chi connectivity index (χ0) is 35.8. The summed E-state index contributed by atoms with van der Waals surface area (Å²) in [5.74, 6) is 0. The zero-order valence-corrected chi connectivity index (χ0v) is 29.6. The van der Waals surface area contributed by atoms with Crippen molar-refractivity contribution in [3.8, 4) is 44.5 Å². The van der Waals surface area contributed by atoms with Crippen molar-refractivity contribution in [3.05, 3.63) is 212 Å². The number of hydrogen-bond acceptors (Lipinski definition) is 2. The van der Waals surface area contributed by atoms with Crippen LogP contribution in [0.3, 0.4) is 0 Å². The largest absolute Gasteiger partial charge is 0.455 e. The summed E-state index contributed by atoms with van der Waals surface area (Å²) in [6.07, 6.45) is 0. The van der Waals surface area contributed by atoms with Crippen LogP contribution < -0.4 is 4.90 Å². The van der Waals surface area contributed by atoms with Crippen LogP contribution in [0.25, 0.3) is 77.2 Å². The summed E-state index contributed by atoms with van der Waals surface area (Å²) < 4.78 is 6.57. The van der Waals surface area contributed by atoms with Crippen LogP contribution in [0.15, 0.2) is 217 Å². The van der Waals surface area contributed by atoms with Gasteiger partial charge in [-0.1, -0.05) is 176 Å². The van der Waals surface area contributed by atoms with E-state index in [0.29, 0.717) is 0 Å². The molecule has 0 atom stereocenters. The number of rotatable bonds is 7. The minimum atomic E-state index is 0.894. The van der Waals surface area contributed by atoms with E-state index in [9.17, 15) is 0 Å². The average Bonchev–Trinajstić information content (AvgIpc) is 3.64. The highest BCUT2D eigenvalue weighted by Crippen LogP contribution is 2.45. The standard InChI is InChI=1S/C52H35NO/c1-2-14-36(15-3-1)37-28-32-40(33-29-37)53(50-26-10-8-21-46(50)48-24-13-25-49-47-22-9-11-27-51(47)54-52(48)49)41-34-30-39(31-35-41)43-19-6-7-20-44(43)45-23-12-17-38-16-4-5-18-42(38)45/h1-35H. The first-order valence-corrected chi connectivity index (χ1v) is 18.4. The Bertz CT molecular complexity index is 2920. The summed E-state index contributed by atoms with van der Waals surface area (Å²) >= 11 is 0. The Kier molecular flexibility index (Phi) is 7.85. The molecule has 0 unspecified atom stereocenters. The van der Waals surface area contributed by atoms with Crippen LogP contribution in [0.5, 0.6) is 0 Å². The smallest absolute Gasteiger partial charge is 0.143 e. The fourth-order valence-corrected chi connectivity index (χ4v) is 7.94. The van der Waals surface area contributed by atoms with Crippen molar-refractivity contribution in [2.24, 2.45) is 0 Å². The summed E-state index contributed by atoms with van der Waals surface area (Å²) in [7, 11) is 0. The third-order valence-corrected chi connectivity index (χ3v) is 10.5. The van der Waals surface area contributed by atoms with Crippen LogP contribution in [0.2, 0.25) is 0 Å². The van der Waals surface area contributed by atoms with Gasteiger partial charge in [-0.2, -0.15) is 0 Å². The SMILES string of the molecule is c1ccc(-c2ccc(N(c3ccc(-c4ccccc4-c4cccc5ccccc45)cc3)c3ccccc3-c3cccc4c3oc3ccccc34)cc2)cc1. The van der Waals surface area contributed by atoms with Gasteiger partial charge in [0.1, 0.15) is 11.2 Å². The van der Waals surface area contributed by atoms with E-state index in [2.05, 4.69) is 205 Å². The van der Waals surface area contributed by atoms with Crippen molar-refractivity contribution in [2.75, 3.05) is 4.90 Å². The summed E-state index contributed by atoms with van der Waals surface area (Å²) in [4.78, 5) is 2.37. The number of benzene rings is 9. The first-order valence-electron chi connectivity index (χ1n) is 18.4. The minimum Gasteiger partial charge on any atom is -0.455 e. The summed E-state index contributed by atoms with van der Waals surface area (Å²) in [6, 6.07) is 75.8. The van der Waals surface area contributed by atoms with Gasteiger partial charge in [-0.05, 0) is 80.6 Å². The topological polar surface area (TPSA) is 16.4 Å². The molecule has 254 valence electrons. The predicted molar refractivity (Wildman–Crippen MR) is 228 cm³/mol. The summed E-state index contributed by atoms with van der Waals surface area (Å²) in [5, 5.41) is 4.74. The fourth-order valence-electron chi connectivity index (χ4n) is 7.94. The quantitative estimate of drug-likeness (QED) is 0.166. The van der Waals surface area contributed by atoms with Gasteiger partial charge < -0.3 is 9.32 Å². The number of para-hydroxylation sites is 3. The Balaban J connectivity index is 1.12. The molecule has 0 radical (unpaired) electrons. The Morgan fingerprint density at radius 2 is 0.815 bits per heavy atom. The molecule has 0 spiro atoms. The molecular formula is C52H35NO. The molecular weight excluding hydrogens is 655 g/mol. The predicted octanol–water partition coefficient (Wildman–Crippen LogP) is 14.9. The Morgan fingerprint density at radius 3 is 1.61 bits per heavy atom. The van der Waals surface area contributed by atoms with E-state index in [1.165, 1.54) is 44.2 Å². The highest BCUT2D eigenvalue weighted by atomic mass is 16.3. The first-order chi connectivity index (χ1) is 26.8. The normalized spacial score (nSPS) is 11.3. The number of anilines is 3. The molecule has 0 bridgehead atoms. The highest BCUT2D eigenvalue weighted by molar-refractivity contribution is 6.11. The van der Waals surface area contributed by atoms with Gasteiger partial charge >= 0.3 is 0 Å². The van der Waals surface area contributed by atoms with Gasteiger partial charge in [0.2, 0.25) is 0 Å². The van der Waals surface area contributed by atoms with Crippen molar-refractivity contribution in [3.63, 3.8) is 0 Å². The lowest BCUT2D eigenvalue weighted by Gasteiger charge is -2.28. The number of nitrogens with zero attached hydrogens (tertiary/aromatic N) is 1. The third kappa shape index (κ3) is 5.53. The molecule has 10 rings (SSSR count). The molecule has 1 aromatic heterocycles. The molecule has 0 N–H and O–H groups in total. The lowest BCUT2D eigenvalue weighted by molar-refractivity contribution is 0.670. The lowest BCUT2D eigenvalue weighted by Crippen LogP contribution is -2.11. The second kappa shape index (κ2) is 13.4. The number of furan rings is 1. The second-order valence-corrected chi connectivity index (χ2v) is 13.7. The van der Waals surface area contributed by atoms with Gasteiger partial charge in [-0.15, -0.1) is 0 Å². The van der Waals surface area contributed by atoms with Crippen molar-refractivity contribution < 1.29 is 4.42 Å². The molecule has 0 saturated heterocycles. The Hall–Kier alpha value is -7.16. The van der Waals surface area contributed by atoms with Crippen molar-refractivity contribution in [2.45, 2.75) is 0 Å². The average molecular weight is 690 g/mol. The molecule has 0 fully saturated rings. The molecule has 9 aromatic carbocycles. The van der Waals surface area contributed by atoms with Crippen LogP contribution in [0.4, 0.5) is 17.1 Å². The maximum atomic E-state index is 6.57. The van der Waals surface area contributed by atoms with Gasteiger partial charge in [0.15, 0.2) is 0 Å². The zero-order valence-electron chi connectivity index (χ0n) is 29.6. The molecule has 0 saturated carbocycles. The summed E-state index contributed by atoms with van der Waals surface area (Å²) in [5.41, 5.74) is 14.4. The van der Waals surface area contributed by atoms with Gasteiger partial charge in [0.25, 0.3) is 0 Å². The van der Waals surface area contributed by atoms with Gasteiger partial charge in [-0.25, -0.2) is 0 Å². The maximum Gasteiger partial charge on any atom is 0.143 e. The van der Waals surface area contributed by atoms with E-state index in [0.717, 1.165) is 50.1 Å². The Labute approximate surface area is 314 Å².